The fourth-order valence-corrected chi connectivity index (χ4v) is 13.3. The molecule has 348 valence electrons. The Kier molecular flexibility index (Phi) is 8.99. The lowest BCUT2D eigenvalue weighted by atomic mass is 9.70. The summed E-state index contributed by atoms with van der Waals surface area (Å²) in [5.41, 5.74) is 22.0. The van der Waals surface area contributed by atoms with Crippen molar-refractivity contribution in [3.05, 3.63) is 299 Å². The Morgan fingerprint density at radius 3 is 1.07 bits per heavy atom. The van der Waals surface area contributed by atoms with E-state index in [9.17, 15) is 0 Å². The Morgan fingerprint density at radius 2 is 0.587 bits per heavy atom. The third-order valence-corrected chi connectivity index (χ3v) is 16.5. The van der Waals surface area contributed by atoms with Gasteiger partial charge in [-0.25, -0.2) is 0 Å². The number of para-hydroxylation sites is 2. The molecular formula is C73H46N2. The van der Waals surface area contributed by atoms with Gasteiger partial charge in [0.15, 0.2) is 0 Å². The number of fused-ring (bicyclic) bond motifs is 18. The zero-order valence-corrected chi connectivity index (χ0v) is 41.0. The third-order valence-electron chi connectivity index (χ3n) is 16.5. The number of hydrogen-bond donors (Lipinski definition) is 0. The van der Waals surface area contributed by atoms with Crippen molar-refractivity contribution < 1.29 is 0 Å². The van der Waals surface area contributed by atoms with Crippen LogP contribution in [0.15, 0.2) is 255 Å². The first-order chi connectivity index (χ1) is 37.2. The fraction of sp³-hybridized carbons (Fsp3) is 0.0137. The topological polar surface area (TPSA) is 9.86 Å². The molecule has 0 aliphatic heterocycles. The van der Waals surface area contributed by atoms with Crippen molar-refractivity contribution in [3.8, 4) is 33.6 Å². The van der Waals surface area contributed by atoms with Crippen molar-refractivity contribution in [1.82, 2.24) is 9.13 Å². The van der Waals surface area contributed by atoms with Crippen molar-refractivity contribution in [2.75, 3.05) is 0 Å². The van der Waals surface area contributed by atoms with Crippen LogP contribution in [0.3, 0.4) is 0 Å². The van der Waals surface area contributed by atoms with Crippen molar-refractivity contribution in [1.29, 1.82) is 0 Å². The Balaban J connectivity index is 0.796. The van der Waals surface area contributed by atoms with Crippen LogP contribution in [0.2, 0.25) is 0 Å². The summed E-state index contributed by atoms with van der Waals surface area (Å²) in [5, 5.41) is 9.97. The second-order valence-electron chi connectivity index (χ2n) is 20.4. The highest BCUT2D eigenvalue weighted by molar-refractivity contribution is 6.13. The van der Waals surface area contributed by atoms with Gasteiger partial charge in [0.1, 0.15) is 0 Å². The zero-order chi connectivity index (χ0) is 49.2. The summed E-state index contributed by atoms with van der Waals surface area (Å²) in [5.74, 6) is 0. The summed E-state index contributed by atoms with van der Waals surface area (Å²) >= 11 is 0. The van der Waals surface area contributed by atoms with E-state index in [1.54, 1.807) is 0 Å². The maximum absolute atomic E-state index is 2.47. The first-order valence-corrected chi connectivity index (χ1v) is 26.1. The lowest BCUT2D eigenvalue weighted by Gasteiger charge is -2.30. The molecule has 2 aliphatic rings. The van der Waals surface area contributed by atoms with Crippen LogP contribution < -0.4 is 0 Å². The molecule has 1 spiro atoms. The van der Waals surface area contributed by atoms with Crippen LogP contribution in [0.5, 0.6) is 0 Å². The van der Waals surface area contributed by atoms with E-state index in [0.717, 1.165) is 0 Å². The summed E-state index contributed by atoms with van der Waals surface area (Å²) < 4.78 is 4.87. The van der Waals surface area contributed by atoms with Gasteiger partial charge in [-0.3, -0.25) is 0 Å². The van der Waals surface area contributed by atoms with Gasteiger partial charge in [0.2, 0.25) is 0 Å². The third kappa shape index (κ3) is 6.08. The predicted octanol–water partition coefficient (Wildman–Crippen LogP) is 18.9. The van der Waals surface area contributed by atoms with Gasteiger partial charge >= 0.3 is 0 Å². The van der Waals surface area contributed by atoms with E-state index in [2.05, 4.69) is 288 Å². The molecule has 75 heavy (non-hydrogen) atoms. The molecule has 0 saturated carbocycles. The van der Waals surface area contributed by atoms with Crippen LogP contribution >= 0.6 is 0 Å². The maximum atomic E-state index is 2.47. The van der Waals surface area contributed by atoms with E-state index >= 15 is 0 Å². The molecule has 2 heteroatoms. The summed E-state index contributed by atoms with van der Waals surface area (Å²) in [7, 11) is 0. The second kappa shape index (κ2) is 16.1. The molecule has 0 fully saturated rings. The summed E-state index contributed by atoms with van der Waals surface area (Å²) in [6, 6.07) is 94.6. The monoisotopic (exact) mass is 950 g/mol. The number of rotatable bonds is 6. The molecule has 2 aromatic heterocycles. The highest BCUT2D eigenvalue weighted by atomic mass is 15.0. The van der Waals surface area contributed by atoms with Gasteiger partial charge in [-0.05, 0) is 138 Å². The average molecular weight is 951 g/mol. The van der Waals surface area contributed by atoms with Gasteiger partial charge in [0.25, 0.3) is 0 Å². The van der Waals surface area contributed by atoms with Gasteiger partial charge < -0.3 is 9.13 Å². The van der Waals surface area contributed by atoms with E-state index in [-0.39, 0.29) is 0 Å². The minimum Gasteiger partial charge on any atom is -0.309 e. The minimum atomic E-state index is -0.476. The van der Waals surface area contributed by atoms with E-state index in [1.807, 2.05) is 0 Å². The molecule has 0 amide bonds. The normalized spacial score (nSPS) is 13.3. The van der Waals surface area contributed by atoms with Crippen molar-refractivity contribution >= 4 is 89.5 Å². The van der Waals surface area contributed by atoms with Gasteiger partial charge in [-0.1, -0.05) is 218 Å². The zero-order valence-electron chi connectivity index (χ0n) is 41.0. The standard InChI is InChI=1S/C73H46N2/c1-3-19-53-51(15-1)17-13-29-67(53)74-69-27-11-7-23-59(69)61-43-47(37-41-71(61)74)31-33-49-35-39-57-58-40-36-50(46-66(58)73(65(57)45-49)63-25-9-5-21-55(63)56-22-6-10-26-64(56)73)34-32-48-38-42-72-62(44-48)60-24-8-12-28-70(60)75(72)68-30-14-18-52-16-2-4-20-54(52)68/h1-46H/b33-31+,34-32+. The van der Waals surface area contributed by atoms with E-state index in [4.69, 9.17) is 0 Å². The highest BCUT2D eigenvalue weighted by Gasteiger charge is 2.51. The van der Waals surface area contributed by atoms with Crippen LogP contribution in [0, 0.1) is 0 Å². The molecule has 0 atom stereocenters. The molecule has 14 aromatic rings. The second-order valence-corrected chi connectivity index (χ2v) is 20.4. The van der Waals surface area contributed by atoms with Crippen molar-refractivity contribution in [3.63, 3.8) is 0 Å². The predicted molar refractivity (Wildman–Crippen MR) is 317 cm³/mol. The van der Waals surface area contributed by atoms with Gasteiger partial charge in [-0.2, -0.15) is 0 Å². The van der Waals surface area contributed by atoms with Crippen molar-refractivity contribution in [2.24, 2.45) is 0 Å². The largest absolute Gasteiger partial charge is 0.309 e. The molecule has 0 bridgehead atoms. The fourth-order valence-electron chi connectivity index (χ4n) is 13.3. The van der Waals surface area contributed by atoms with Crippen LogP contribution in [0.25, 0.3) is 123 Å². The molecule has 0 N–H and O–H groups in total. The maximum Gasteiger partial charge on any atom is 0.0725 e. The SMILES string of the molecule is C(=C\c1ccc2c(c1)c1ccccc1n2-c1cccc2ccccc12)/c1ccc2c(c1)C1(c3ccccc3-c3ccccc31)c1cc(/C=C/c3ccc4c(c3)c3ccccc3n4-c3cccc4ccccc34)ccc1-2. The molecule has 2 nitrogen and oxygen atoms in total. The Morgan fingerprint density at radius 1 is 0.240 bits per heavy atom. The Hall–Kier alpha value is -9.76. The van der Waals surface area contributed by atoms with Gasteiger partial charge in [-0.15, -0.1) is 0 Å². The molecule has 2 heterocycles. The quantitative estimate of drug-likeness (QED) is 0.147. The molecular weight excluding hydrogens is 905 g/mol. The van der Waals surface area contributed by atoms with Gasteiger partial charge in [0.05, 0.1) is 38.9 Å². The van der Waals surface area contributed by atoms with Crippen molar-refractivity contribution in [2.45, 2.75) is 5.41 Å². The van der Waals surface area contributed by atoms with E-state index < -0.39 is 5.41 Å². The Bertz CT molecular complexity index is 4470. The summed E-state index contributed by atoms with van der Waals surface area (Å²) in [6.45, 7) is 0. The molecule has 2 aliphatic carbocycles. The smallest absolute Gasteiger partial charge is 0.0725 e. The molecule has 0 unspecified atom stereocenters. The van der Waals surface area contributed by atoms with E-state index in [0.29, 0.717) is 0 Å². The van der Waals surface area contributed by atoms with Crippen LogP contribution in [0.4, 0.5) is 0 Å². The molecule has 12 aromatic carbocycles. The van der Waals surface area contributed by atoms with E-state index in [1.165, 1.54) is 143 Å². The number of benzene rings is 12. The summed E-state index contributed by atoms with van der Waals surface area (Å²) in [6.07, 6.45) is 9.19. The molecule has 0 radical (unpaired) electrons. The lowest BCUT2D eigenvalue weighted by molar-refractivity contribution is 0.793. The number of hydrogen-bond acceptors (Lipinski definition) is 0. The first-order valence-electron chi connectivity index (χ1n) is 26.1. The van der Waals surface area contributed by atoms with Crippen LogP contribution in [-0.2, 0) is 5.41 Å². The van der Waals surface area contributed by atoms with Crippen LogP contribution in [0.1, 0.15) is 44.5 Å². The number of nitrogens with zero attached hydrogens (tertiary/aromatic N) is 2. The Labute approximate surface area is 434 Å². The highest BCUT2D eigenvalue weighted by Crippen LogP contribution is 2.63. The first kappa shape index (κ1) is 41.8. The molecule has 0 saturated heterocycles. The average Bonchev–Trinajstić information content (AvgIpc) is 4.17. The number of aromatic nitrogens is 2. The minimum absolute atomic E-state index is 0.476. The van der Waals surface area contributed by atoms with Gasteiger partial charge in [0, 0.05) is 32.3 Å². The molecule has 16 rings (SSSR count). The van der Waals surface area contributed by atoms with Crippen LogP contribution in [-0.4, -0.2) is 9.13 Å². The summed E-state index contributed by atoms with van der Waals surface area (Å²) in [4.78, 5) is 0. The lowest BCUT2D eigenvalue weighted by Crippen LogP contribution is -2.26.